The molecule has 1 aromatic heterocycles. The first-order valence-corrected chi connectivity index (χ1v) is 11.8. The van der Waals surface area contributed by atoms with E-state index >= 15 is 0 Å². The van der Waals surface area contributed by atoms with Gasteiger partial charge in [-0.3, -0.25) is 0 Å². The van der Waals surface area contributed by atoms with Gasteiger partial charge in [-0.15, -0.1) is 0 Å². The van der Waals surface area contributed by atoms with Gasteiger partial charge in [0.05, 0.1) is 0 Å². The summed E-state index contributed by atoms with van der Waals surface area (Å²) < 4.78 is 15.1. The molecule has 5 rings (SSSR count). The summed E-state index contributed by atoms with van der Waals surface area (Å²) in [6.45, 7) is 6.89. The van der Waals surface area contributed by atoms with Gasteiger partial charge in [-0.25, -0.2) is 0 Å². The molecule has 0 atom stereocenters. The van der Waals surface area contributed by atoms with E-state index in [4.69, 9.17) is 4.62 Å². The van der Waals surface area contributed by atoms with E-state index in [9.17, 15) is 0 Å². The summed E-state index contributed by atoms with van der Waals surface area (Å²) in [4.78, 5) is 4.55. The average molecular weight is 379 g/mol. The van der Waals surface area contributed by atoms with Crippen molar-refractivity contribution in [2.75, 3.05) is 49.9 Å². The molecule has 0 spiro atoms. The molecule has 0 saturated carbocycles. The Bertz CT molecular complexity index is 588. The van der Waals surface area contributed by atoms with E-state index < -0.39 is 7.94 Å². The van der Waals surface area contributed by atoms with Crippen LogP contribution < -0.4 is 16.1 Å². The van der Waals surface area contributed by atoms with Crippen LogP contribution in [0.2, 0.25) is 0 Å². The first kappa shape index (κ1) is 17.1. The van der Waals surface area contributed by atoms with Crippen LogP contribution in [0.3, 0.4) is 0 Å². The fraction of sp³-hybridized carbons (Fsp3) is 0.706. The molecule has 1 aromatic rings. The van der Waals surface area contributed by atoms with Gasteiger partial charge < -0.3 is 0 Å². The molecule has 4 aliphatic heterocycles. The summed E-state index contributed by atoms with van der Waals surface area (Å²) in [6, 6.07) is 3.98. The number of hydrazine groups is 2. The van der Waals surface area contributed by atoms with Crippen molar-refractivity contribution >= 4 is 19.4 Å². The van der Waals surface area contributed by atoms with E-state index in [1.807, 2.05) is 18.3 Å². The predicted molar refractivity (Wildman–Crippen MR) is 105 cm³/mol. The van der Waals surface area contributed by atoms with Crippen LogP contribution in [0.4, 0.5) is 11.5 Å². The fourth-order valence-electron chi connectivity index (χ4n) is 4.81. The molecule has 5 heterocycles. The van der Waals surface area contributed by atoms with E-state index in [-0.39, 0.29) is 0 Å². The molecule has 0 bridgehead atoms. The monoisotopic (exact) mass is 379 g/mol. The maximum absolute atomic E-state index is 6.99. The van der Waals surface area contributed by atoms with Crippen LogP contribution in [0.25, 0.3) is 0 Å². The Morgan fingerprint density at radius 3 is 1.92 bits per heavy atom. The number of hydrogen-bond acceptors (Lipinski definition) is 8. The van der Waals surface area contributed by atoms with Gasteiger partial charge in [-0.05, 0) is 0 Å². The van der Waals surface area contributed by atoms with Crippen molar-refractivity contribution in [3.63, 3.8) is 0 Å². The summed E-state index contributed by atoms with van der Waals surface area (Å²) >= 11 is 0. The number of fused-ring (bicyclic) bond motifs is 1. The van der Waals surface area contributed by atoms with Gasteiger partial charge in [0.1, 0.15) is 0 Å². The molecule has 0 aliphatic carbocycles. The second-order valence-corrected chi connectivity index (χ2v) is 10.9. The number of aromatic nitrogens is 1. The van der Waals surface area contributed by atoms with Crippen LogP contribution in [0.5, 0.6) is 0 Å². The summed E-state index contributed by atoms with van der Waals surface area (Å²) in [6.07, 6.45) is 9.50. The number of pyridine rings is 1. The maximum atomic E-state index is 6.99. The molecule has 0 amide bonds. The zero-order chi connectivity index (χ0) is 17.4. The molecule has 26 heavy (non-hydrogen) atoms. The van der Waals surface area contributed by atoms with E-state index in [0.717, 1.165) is 50.8 Å². The Morgan fingerprint density at radius 2 is 1.38 bits per heavy atom. The Hall–Kier alpha value is -1.02. The molecule has 3 fully saturated rings. The first-order chi connectivity index (χ1) is 12.9. The minimum atomic E-state index is -2.45. The molecule has 2 N–H and O–H groups in total. The number of anilines is 2. The van der Waals surface area contributed by atoms with Gasteiger partial charge in [0, 0.05) is 0 Å². The zero-order valence-corrected chi connectivity index (χ0v) is 16.4. The Kier molecular flexibility index (Phi) is 4.73. The topological polar surface area (TPSA) is 59.1 Å². The van der Waals surface area contributed by atoms with Crippen LogP contribution in [0.15, 0.2) is 18.3 Å². The van der Waals surface area contributed by atoms with Gasteiger partial charge in [-0.1, -0.05) is 0 Å². The van der Waals surface area contributed by atoms with Crippen molar-refractivity contribution in [1.82, 2.24) is 24.5 Å². The molecule has 8 nitrogen and oxygen atoms in total. The molecule has 3 saturated heterocycles. The summed E-state index contributed by atoms with van der Waals surface area (Å²) in [5, 5.41) is 1.80. The van der Waals surface area contributed by atoms with Crippen LogP contribution in [-0.2, 0) is 4.62 Å². The molecule has 0 radical (unpaired) electrons. The summed E-state index contributed by atoms with van der Waals surface area (Å²) in [7, 11) is -2.45. The van der Waals surface area contributed by atoms with Gasteiger partial charge in [0.25, 0.3) is 0 Å². The Morgan fingerprint density at radius 1 is 0.846 bits per heavy atom. The normalized spacial score (nSPS) is 25.8. The number of nitrogens with one attached hydrogen (secondary N) is 2. The quantitative estimate of drug-likeness (QED) is 0.757. The van der Waals surface area contributed by atoms with Gasteiger partial charge in [0.2, 0.25) is 0 Å². The third-order valence-corrected chi connectivity index (χ3v) is 10.3. The molecular weight excluding hydrogens is 349 g/mol. The van der Waals surface area contributed by atoms with Crippen LogP contribution in [-0.4, -0.2) is 58.3 Å². The molecule has 144 valence electrons. The SMILES string of the molecule is c1cnc2c(c1)NNN2O[PH](N1CCCC1)(N1CCCC1)N1CCCC1. The van der Waals surface area contributed by atoms with Crippen molar-refractivity contribution in [2.24, 2.45) is 0 Å². The second-order valence-electron chi connectivity index (χ2n) is 7.65. The average Bonchev–Trinajstić information content (AvgIpc) is 3.49. The standard InChI is InChI=1S/C17H30N7OP/c1-2-11-21(10-1)26(22-12-3-4-13-22,23-14-5-6-15-23)25-24-17-16(19-20-24)8-7-9-18-17/h7-9,19-20,26H,1-6,10-15H2. The summed E-state index contributed by atoms with van der Waals surface area (Å²) in [5.41, 5.74) is 7.37. The van der Waals surface area contributed by atoms with Crippen molar-refractivity contribution < 1.29 is 4.62 Å². The van der Waals surface area contributed by atoms with Crippen LogP contribution in [0, 0.1) is 0 Å². The molecule has 9 heteroatoms. The van der Waals surface area contributed by atoms with Gasteiger partial charge >= 0.3 is 155 Å². The fourth-order valence-corrected chi connectivity index (χ4v) is 9.43. The van der Waals surface area contributed by atoms with Crippen LogP contribution in [0.1, 0.15) is 38.5 Å². The van der Waals surface area contributed by atoms with Crippen molar-refractivity contribution in [3.8, 4) is 0 Å². The molecule has 0 unspecified atom stereocenters. The second kappa shape index (κ2) is 7.19. The first-order valence-electron chi connectivity index (χ1n) is 10.1. The van der Waals surface area contributed by atoms with Crippen molar-refractivity contribution in [2.45, 2.75) is 38.5 Å². The van der Waals surface area contributed by atoms with Crippen molar-refractivity contribution in [3.05, 3.63) is 18.3 Å². The minimum absolute atomic E-state index is 0.835. The third-order valence-electron chi connectivity index (χ3n) is 6.04. The summed E-state index contributed by atoms with van der Waals surface area (Å²) in [5.74, 6) is 0.835. The molecule has 0 aromatic carbocycles. The van der Waals surface area contributed by atoms with Gasteiger partial charge in [-0.2, -0.15) is 0 Å². The van der Waals surface area contributed by atoms with Crippen LogP contribution >= 0.6 is 7.94 Å². The van der Waals surface area contributed by atoms with Gasteiger partial charge in [0.15, 0.2) is 0 Å². The number of rotatable bonds is 5. The molecular formula is C17H30N7OP. The predicted octanol–water partition coefficient (Wildman–Crippen LogP) is 2.36. The number of hydrogen-bond donors (Lipinski definition) is 2. The zero-order valence-electron chi connectivity index (χ0n) is 15.4. The Labute approximate surface area is 155 Å². The van der Waals surface area contributed by atoms with Crippen molar-refractivity contribution in [1.29, 1.82) is 0 Å². The van der Waals surface area contributed by atoms with E-state index in [1.54, 1.807) is 5.17 Å². The molecule has 4 aliphatic rings. The third kappa shape index (κ3) is 2.80. The Balaban J connectivity index is 1.52. The van der Waals surface area contributed by atoms with E-state index in [0.29, 0.717) is 0 Å². The number of nitrogens with zero attached hydrogens (tertiary/aromatic N) is 5. The van der Waals surface area contributed by atoms with E-state index in [2.05, 4.69) is 30.0 Å². The van der Waals surface area contributed by atoms with E-state index in [1.165, 1.54) is 38.5 Å².